The van der Waals surface area contributed by atoms with Gasteiger partial charge in [0.25, 0.3) is 5.91 Å². The number of aryl methyl sites for hydroxylation is 1. The molecule has 0 bridgehead atoms. The molecule has 0 atom stereocenters. The van der Waals surface area contributed by atoms with E-state index in [2.05, 4.69) is 25.9 Å². The number of hydrogen-bond acceptors (Lipinski definition) is 10. The molecule has 4 aromatic carbocycles. The Hall–Kier alpha value is -7.29. The number of carbonyl (C=O) groups is 2. The first-order chi connectivity index (χ1) is 27.5. The third kappa shape index (κ3) is 8.22. The smallest absolute Gasteiger partial charge is 0.336 e. The topological polar surface area (TPSA) is 190 Å². The molecule has 0 spiro atoms. The lowest BCUT2D eigenvalue weighted by atomic mass is 9.89. The van der Waals surface area contributed by atoms with E-state index in [1.807, 2.05) is 42.5 Å². The molecule has 2 heterocycles. The number of carboxylic acids is 1. The van der Waals surface area contributed by atoms with Crippen molar-refractivity contribution in [1.29, 1.82) is 0 Å². The van der Waals surface area contributed by atoms with E-state index >= 15 is 0 Å². The van der Waals surface area contributed by atoms with Gasteiger partial charge >= 0.3 is 11.7 Å². The predicted octanol–water partition coefficient (Wildman–Crippen LogP) is 8.85. The summed E-state index contributed by atoms with van der Waals surface area (Å²) in [6, 6.07) is 22.1. The maximum atomic E-state index is 14.8. The quantitative estimate of drug-likeness (QED) is 0.0358. The summed E-state index contributed by atoms with van der Waals surface area (Å²) in [4.78, 5) is 57.3. The lowest BCUT2D eigenvalue weighted by Crippen LogP contribution is -2.24. The van der Waals surface area contributed by atoms with E-state index in [1.165, 1.54) is 31.2 Å². The molecule has 0 radical (unpaired) electrons. The van der Waals surface area contributed by atoms with Crippen LogP contribution in [0.15, 0.2) is 100 Å². The fourth-order valence-corrected chi connectivity index (χ4v) is 6.59. The number of benzene rings is 5. The van der Waals surface area contributed by atoms with Crippen molar-refractivity contribution in [2.24, 2.45) is 0 Å². The number of fused-ring (bicyclic) bond motifs is 3. The Balaban J connectivity index is 0.959. The number of nitro groups is 1. The van der Waals surface area contributed by atoms with Crippen LogP contribution >= 0.6 is 0 Å². The highest BCUT2D eigenvalue weighted by Gasteiger charge is 2.25. The molecule has 7 rings (SSSR count). The molecule has 4 N–H and O–H groups in total. The highest BCUT2D eigenvalue weighted by atomic mass is 19.1. The number of hydrogen-bond donors (Lipinski definition) is 4. The first-order valence-electron chi connectivity index (χ1n) is 18.0. The Bertz CT molecular complexity index is 2740. The SMILES string of the molecule is Cc1cc2oc3cc(=O)c(F)cc-3c(-c3ccc(C(=O)NCCCCCCNc4nc(Nc5ccc6ccccc6c5)ncc4[N+](=O)[O-])cc3C(=O)O)c2cc1F. The van der Waals surface area contributed by atoms with Crippen LogP contribution < -0.4 is 21.4 Å². The summed E-state index contributed by atoms with van der Waals surface area (Å²) >= 11 is 0. The number of nitrogens with zero attached hydrogens (tertiary/aromatic N) is 3. The summed E-state index contributed by atoms with van der Waals surface area (Å²) in [5.74, 6) is -3.31. The zero-order valence-electron chi connectivity index (χ0n) is 30.4. The molecule has 0 saturated carbocycles. The molecular formula is C42H34F2N6O7. The average molecular weight is 773 g/mol. The van der Waals surface area contributed by atoms with Crippen molar-refractivity contribution in [2.75, 3.05) is 23.7 Å². The second kappa shape index (κ2) is 16.2. The van der Waals surface area contributed by atoms with Crippen molar-refractivity contribution < 1.29 is 32.8 Å². The second-order valence-electron chi connectivity index (χ2n) is 13.4. The standard InChI is InChI=1S/C42H34F2N6O7/c1-23-16-36-30(19-32(23)43)38(31-20-33(44)35(51)21-37(31)57-36)28-13-11-26(18-29(28)41(53)54)40(52)46-15-7-3-2-6-14-45-39-34(50(55)56)22-47-42(49-39)48-27-12-10-24-8-4-5-9-25(24)17-27/h4-5,8-13,16-22H,2-3,6-7,14-15H2,1H3,(H,46,52)(H,53,54)(H2,45,47,48,49). The summed E-state index contributed by atoms with van der Waals surface area (Å²) in [6.07, 6.45) is 3.88. The third-order valence-corrected chi connectivity index (χ3v) is 9.49. The second-order valence-corrected chi connectivity index (χ2v) is 13.4. The van der Waals surface area contributed by atoms with Crippen LogP contribution in [0.25, 0.3) is 44.2 Å². The number of halogens is 2. The maximum Gasteiger partial charge on any atom is 0.336 e. The Labute approximate surface area is 322 Å². The summed E-state index contributed by atoms with van der Waals surface area (Å²) in [5.41, 5.74) is -0.00153. The molecule has 2 aliphatic rings. The molecule has 1 aliphatic heterocycles. The molecular weight excluding hydrogens is 738 g/mol. The van der Waals surface area contributed by atoms with Crippen molar-refractivity contribution in [2.45, 2.75) is 32.6 Å². The minimum Gasteiger partial charge on any atom is -0.478 e. The van der Waals surface area contributed by atoms with E-state index < -0.39 is 33.9 Å². The van der Waals surface area contributed by atoms with Crippen LogP contribution in [0.5, 0.6) is 0 Å². The normalized spacial score (nSPS) is 11.2. The molecule has 1 aliphatic carbocycles. The zero-order chi connectivity index (χ0) is 40.2. The van der Waals surface area contributed by atoms with Crippen LogP contribution in [-0.2, 0) is 0 Å². The van der Waals surface area contributed by atoms with Gasteiger partial charge in [0, 0.05) is 46.9 Å². The molecule has 57 heavy (non-hydrogen) atoms. The van der Waals surface area contributed by atoms with Crippen molar-refractivity contribution in [3.8, 4) is 22.5 Å². The van der Waals surface area contributed by atoms with E-state index in [9.17, 15) is 38.4 Å². The highest BCUT2D eigenvalue weighted by Crippen LogP contribution is 2.42. The van der Waals surface area contributed by atoms with Crippen LogP contribution in [0.2, 0.25) is 0 Å². The number of rotatable bonds is 14. The van der Waals surface area contributed by atoms with Crippen LogP contribution in [0, 0.1) is 28.7 Å². The molecule has 0 fully saturated rings. The number of anilines is 3. The molecule has 0 saturated heterocycles. The van der Waals surface area contributed by atoms with E-state index in [-0.39, 0.29) is 67.6 Å². The number of carbonyl (C=O) groups excluding carboxylic acids is 1. The highest BCUT2D eigenvalue weighted by molar-refractivity contribution is 6.09. The Morgan fingerprint density at radius 2 is 1.65 bits per heavy atom. The van der Waals surface area contributed by atoms with Crippen LogP contribution in [0.1, 0.15) is 52.0 Å². The van der Waals surface area contributed by atoms with E-state index in [0.717, 1.165) is 53.7 Å². The number of aromatic nitrogens is 2. The first-order valence-corrected chi connectivity index (χ1v) is 18.0. The largest absolute Gasteiger partial charge is 0.478 e. The van der Waals surface area contributed by atoms with Gasteiger partial charge < -0.3 is 25.5 Å². The molecule has 15 heteroatoms. The molecule has 0 unspecified atom stereocenters. The predicted molar refractivity (Wildman–Crippen MR) is 211 cm³/mol. The minimum absolute atomic E-state index is 0.0153. The van der Waals surface area contributed by atoms with Gasteiger partial charge in [-0.1, -0.05) is 49.2 Å². The van der Waals surface area contributed by atoms with Gasteiger partial charge in [0.1, 0.15) is 23.4 Å². The van der Waals surface area contributed by atoms with Crippen molar-refractivity contribution in [3.63, 3.8) is 0 Å². The maximum absolute atomic E-state index is 14.8. The number of nitrogens with one attached hydrogen (secondary N) is 3. The zero-order valence-corrected chi connectivity index (χ0v) is 30.4. The average Bonchev–Trinajstić information content (AvgIpc) is 3.19. The van der Waals surface area contributed by atoms with Gasteiger partial charge in [0.15, 0.2) is 5.82 Å². The lowest BCUT2D eigenvalue weighted by molar-refractivity contribution is -0.384. The number of carboxylic acid groups (broad SMARTS) is 1. The number of aromatic carboxylic acids is 1. The number of amides is 1. The monoisotopic (exact) mass is 772 g/mol. The third-order valence-electron chi connectivity index (χ3n) is 9.49. The lowest BCUT2D eigenvalue weighted by Gasteiger charge is -2.18. The van der Waals surface area contributed by atoms with Gasteiger partial charge in [-0.3, -0.25) is 19.7 Å². The Kier molecular flexibility index (Phi) is 10.8. The van der Waals surface area contributed by atoms with Gasteiger partial charge in [-0.2, -0.15) is 4.98 Å². The summed E-state index contributed by atoms with van der Waals surface area (Å²) in [5, 5.41) is 33.0. The van der Waals surface area contributed by atoms with Gasteiger partial charge in [-0.05, 0) is 84.1 Å². The van der Waals surface area contributed by atoms with Gasteiger partial charge in [0.05, 0.1) is 10.5 Å². The molecule has 5 aromatic rings. The Morgan fingerprint density at radius 1 is 0.877 bits per heavy atom. The van der Waals surface area contributed by atoms with E-state index in [4.69, 9.17) is 4.42 Å². The van der Waals surface area contributed by atoms with Crippen molar-refractivity contribution in [1.82, 2.24) is 15.3 Å². The fourth-order valence-electron chi connectivity index (χ4n) is 6.59. The minimum atomic E-state index is -1.38. The van der Waals surface area contributed by atoms with E-state index in [0.29, 0.717) is 25.9 Å². The Morgan fingerprint density at radius 3 is 2.42 bits per heavy atom. The van der Waals surface area contributed by atoms with Gasteiger partial charge in [0.2, 0.25) is 17.2 Å². The van der Waals surface area contributed by atoms with Crippen LogP contribution in [0.3, 0.4) is 0 Å². The van der Waals surface area contributed by atoms with Crippen LogP contribution in [-0.4, -0.2) is 45.0 Å². The first kappa shape index (κ1) is 38.0. The molecule has 1 aromatic heterocycles. The fraction of sp³-hybridized carbons (Fsp3) is 0.167. The van der Waals surface area contributed by atoms with Crippen molar-refractivity contribution >= 4 is 56.8 Å². The summed E-state index contributed by atoms with van der Waals surface area (Å²) in [6.45, 7) is 2.22. The molecule has 13 nitrogen and oxygen atoms in total. The summed E-state index contributed by atoms with van der Waals surface area (Å²) < 4.78 is 35.2. The van der Waals surface area contributed by atoms with E-state index in [1.54, 1.807) is 0 Å². The van der Waals surface area contributed by atoms with Crippen molar-refractivity contribution in [3.05, 3.63) is 140 Å². The van der Waals surface area contributed by atoms with Gasteiger partial charge in [-0.15, -0.1) is 0 Å². The molecule has 1 amide bonds. The number of unbranched alkanes of at least 4 members (excludes halogenated alkanes) is 3. The molecule has 288 valence electrons. The van der Waals surface area contributed by atoms with Gasteiger partial charge in [-0.25, -0.2) is 18.6 Å². The van der Waals surface area contributed by atoms with Crippen LogP contribution in [0.4, 0.5) is 31.9 Å². The summed E-state index contributed by atoms with van der Waals surface area (Å²) in [7, 11) is 0.